The third kappa shape index (κ3) is 3.19. The van der Waals surface area contributed by atoms with Crippen molar-refractivity contribution in [2.24, 2.45) is 0 Å². The van der Waals surface area contributed by atoms with Gasteiger partial charge in [-0.2, -0.15) is 5.26 Å². The molecule has 6 rings (SSSR count). The summed E-state index contributed by atoms with van der Waals surface area (Å²) >= 11 is 0. The van der Waals surface area contributed by atoms with Gasteiger partial charge in [0.15, 0.2) is 11.5 Å². The highest BCUT2D eigenvalue weighted by Crippen LogP contribution is 2.52. The van der Waals surface area contributed by atoms with Crippen LogP contribution in [0.4, 0.5) is 17.1 Å². The van der Waals surface area contributed by atoms with E-state index in [1.165, 1.54) is 0 Å². The second-order valence-electron chi connectivity index (χ2n) is 7.95. The molecule has 160 valence electrons. The van der Waals surface area contributed by atoms with Gasteiger partial charge in [0.05, 0.1) is 17.1 Å². The van der Waals surface area contributed by atoms with Crippen molar-refractivity contribution in [3.05, 3.63) is 121 Å². The first-order valence-electron chi connectivity index (χ1n) is 11.0. The van der Waals surface area contributed by atoms with Crippen LogP contribution in [0.5, 0.6) is 11.5 Å². The largest absolute Gasteiger partial charge is 0.453 e. The molecule has 1 aliphatic rings. The minimum Gasteiger partial charge on any atom is -0.453 e. The zero-order valence-corrected chi connectivity index (χ0v) is 18.2. The van der Waals surface area contributed by atoms with Crippen LogP contribution in [0.15, 0.2) is 115 Å². The van der Waals surface area contributed by atoms with Gasteiger partial charge >= 0.3 is 0 Å². The molecular formula is C30H19N3O. The fourth-order valence-corrected chi connectivity index (χ4v) is 4.53. The third-order valence-corrected chi connectivity index (χ3v) is 6.00. The molecule has 4 nitrogen and oxygen atoms in total. The van der Waals surface area contributed by atoms with Crippen molar-refractivity contribution in [3.63, 3.8) is 0 Å². The summed E-state index contributed by atoms with van der Waals surface area (Å²) in [5, 5.41) is 9.68. The summed E-state index contributed by atoms with van der Waals surface area (Å²) < 4.78 is 6.21. The number of para-hydroxylation sites is 5. The zero-order chi connectivity index (χ0) is 22.9. The van der Waals surface area contributed by atoms with E-state index in [1.807, 2.05) is 78.9 Å². The molecule has 2 heterocycles. The molecule has 1 aromatic heterocycles. The van der Waals surface area contributed by atoms with Crippen molar-refractivity contribution in [2.45, 2.75) is 0 Å². The van der Waals surface area contributed by atoms with Crippen LogP contribution in [-0.2, 0) is 0 Å². The molecule has 0 atom stereocenters. The Labute approximate surface area is 198 Å². The summed E-state index contributed by atoms with van der Waals surface area (Å²) in [6.07, 6.45) is 1.65. The van der Waals surface area contributed by atoms with Crippen LogP contribution < -0.4 is 9.64 Å². The van der Waals surface area contributed by atoms with E-state index in [9.17, 15) is 5.26 Å². The van der Waals surface area contributed by atoms with E-state index in [-0.39, 0.29) is 0 Å². The molecule has 1 aliphatic heterocycles. The second kappa shape index (κ2) is 8.23. The molecule has 0 spiro atoms. The maximum absolute atomic E-state index is 9.68. The SMILES string of the molecule is N#Cc1ncccc1-c1ccccc1-c1ccccc1N1c2ccccc2Oc2ccccc21. The molecule has 0 saturated carbocycles. The maximum Gasteiger partial charge on any atom is 0.151 e. The van der Waals surface area contributed by atoms with E-state index in [0.29, 0.717) is 5.69 Å². The Morgan fingerprint density at radius 1 is 0.559 bits per heavy atom. The van der Waals surface area contributed by atoms with Gasteiger partial charge in [-0.15, -0.1) is 0 Å². The Morgan fingerprint density at radius 2 is 1.06 bits per heavy atom. The Bertz CT molecular complexity index is 1520. The van der Waals surface area contributed by atoms with Gasteiger partial charge in [0.2, 0.25) is 0 Å². The summed E-state index contributed by atoms with van der Waals surface area (Å²) in [5.74, 6) is 1.62. The third-order valence-electron chi connectivity index (χ3n) is 6.00. The van der Waals surface area contributed by atoms with Crippen molar-refractivity contribution in [1.29, 1.82) is 5.26 Å². The molecule has 0 fully saturated rings. The van der Waals surface area contributed by atoms with Crippen LogP contribution in [0.3, 0.4) is 0 Å². The number of nitrogens with zero attached hydrogens (tertiary/aromatic N) is 3. The predicted molar refractivity (Wildman–Crippen MR) is 135 cm³/mol. The Hall–Kier alpha value is -4.88. The van der Waals surface area contributed by atoms with Gasteiger partial charge < -0.3 is 9.64 Å². The number of pyridine rings is 1. The van der Waals surface area contributed by atoms with Gasteiger partial charge in [0.25, 0.3) is 0 Å². The summed E-state index contributed by atoms with van der Waals surface area (Å²) in [6, 6.07) is 38.7. The summed E-state index contributed by atoms with van der Waals surface area (Å²) in [4.78, 5) is 6.54. The number of benzene rings is 4. The van der Waals surface area contributed by atoms with Crippen LogP contribution in [0.2, 0.25) is 0 Å². The zero-order valence-electron chi connectivity index (χ0n) is 18.2. The van der Waals surface area contributed by atoms with Crippen LogP contribution in [0.1, 0.15) is 5.69 Å². The number of ether oxygens (including phenoxy) is 1. The molecule has 0 saturated heterocycles. The lowest BCUT2D eigenvalue weighted by atomic mass is 9.92. The Morgan fingerprint density at radius 3 is 1.71 bits per heavy atom. The van der Waals surface area contributed by atoms with Crippen molar-refractivity contribution in [3.8, 4) is 39.8 Å². The number of fused-ring (bicyclic) bond motifs is 2. The Balaban J connectivity index is 1.61. The highest BCUT2D eigenvalue weighted by atomic mass is 16.5. The molecule has 4 heteroatoms. The van der Waals surface area contributed by atoms with Crippen LogP contribution in [0.25, 0.3) is 22.3 Å². The number of rotatable bonds is 3. The lowest BCUT2D eigenvalue weighted by molar-refractivity contribution is 0.477. The standard InChI is InChI=1S/C30H19N3O/c31-20-25-23(13-9-19-32-25)21-10-1-2-11-22(21)24-12-3-4-14-26(24)33-27-15-5-7-17-29(27)34-30-18-8-6-16-28(30)33/h1-19H. The quantitative estimate of drug-likeness (QED) is 0.283. The van der Waals surface area contributed by atoms with E-state index >= 15 is 0 Å². The normalized spacial score (nSPS) is 11.7. The predicted octanol–water partition coefficient (Wildman–Crippen LogP) is 7.86. The van der Waals surface area contributed by atoms with E-state index in [2.05, 4.69) is 46.3 Å². The monoisotopic (exact) mass is 437 g/mol. The minimum atomic E-state index is 0.412. The first kappa shape index (κ1) is 19.8. The maximum atomic E-state index is 9.68. The van der Waals surface area contributed by atoms with Crippen molar-refractivity contribution < 1.29 is 4.74 Å². The van der Waals surface area contributed by atoms with E-state index in [1.54, 1.807) is 6.20 Å². The first-order chi connectivity index (χ1) is 16.8. The second-order valence-corrected chi connectivity index (χ2v) is 7.95. The molecule has 0 bridgehead atoms. The number of hydrogen-bond donors (Lipinski definition) is 0. The van der Waals surface area contributed by atoms with Crippen LogP contribution in [0, 0.1) is 11.3 Å². The molecule has 0 amide bonds. The highest BCUT2D eigenvalue weighted by Gasteiger charge is 2.27. The van der Waals surface area contributed by atoms with Gasteiger partial charge in [-0.05, 0) is 53.6 Å². The molecule has 0 aliphatic carbocycles. The molecule has 0 N–H and O–H groups in total. The topological polar surface area (TPSA) is 49.2 Å². The number of nitriles is 1. The van der Waals surface area contributed by atoms with Crippen molar-refractivity contribution in [1.82, 2.24) is 4.98 Å². The highest BCUT2D eigenvalue weighted by molar-refractivity contribution is 5.96. The van der Waals surface area contributed by atoms with Crippen molar-refractivity contribution in [2.75, 3.05) is 4.90 Å². The van der Waals surface area contributed by atoms with E-state index in [0.717, 1.165) is 50.8 Å². The molecule has 4 aromatic carbocycles. The minimum absolute atomic E-state index is 0.412. The fraction of sp³-hybridized carbons (Fsp3) is 0. The fourth-order valence-electron chi connectivity index (χ4n) is 4.53. The molecule has 0 unspecified atom stereocenters. The van der Waals surface area contributed by atoms with Gasteiger partial charge in [0.1, 0.15) is 11.8 Å². The summed E-state index contributed by atoms with van der Waals surface area (Å²) in [7, 11) is 0. The first-order valence-corrected chi connectivity index (χ1v) is 11.0. The molecule has 5 aromatic rings. The molecule has 34 heavy (non-hydrogen) atoms. The summed E-state index contributed by atoms with van der Waals surface area (Å²) in [5.41, 5.74) is 7.26. The van der Waals surface area contributed by atoms with Crippen LogP contribution in [-0.4, -0.2) is 4.98 Å². The average molecular weight is 438 g/mol. The number of aromatic nitrogens is 1. The van der Waals surface area contributed by atoms with Gasteiger partial charge in [-0.25, -0.2) is 4.98 Å². The van der Waals surface area contributed by atoms with E-state index < -0.39 is 0 Å². The smallest absolute Gasteiger partial charge is 0.151 e. The van der Waals surface area contributed by atoms with Crippen LogP contribution >= 0.6 is 0 Å². The Kier molecular flexibility index (Phi) is 4.79. The van der Waals surface area contributed by atoms with Crippen molar-refractivity contribution >= 4 is 17.1 Å². The lowest BCUT2D eigenvalue weighted by Gasteiger charge is -2.34. The molecular weight excluding hydrogens is 418 g/mol. The van der Waals surface area contributed by atoms with Gasteiger partial charge in [-0.3, -0.25) is 0 Å². The van der Waals surface area contributed by atoms with Gasteiger partial charge in [-0.1, -0.05) is 66.7 Å². The lowest BCUT2D eigenvalue weighted by Crippen LogP contribution is -2.16. The van der Waals surface area contributed by atoms with E-state index in [4.69, 9.17) is 4.74 Å². The number of hydrogen-bond acceptors (Lipinski definition) is 4. The van der Waals surface area contributed by atoms with Gasteiger partial charge in [0, 0.05) is 17.3 Å². The summed E-state index contributed by atoms with van der Waals surface area (Å²) in [6.45, 7) is 0. The number of anilines is 3. The average Bonchev–Trinajstić information content (AvgIpc) is 2.91. The molecule has 0 radical (unpaired) electrons.